The van der Waals surface area contributed by atoms with Gasteiger partial charge in [-0.2, -0.15) is 5.10 Å². The minimum Gasteiger partial charge on any atom is -0.443 e. The van der Waals surface area contributed by atoms with Crippen LogP contribution in [0.4, 0.5) is 10.6 Å². The van der Waals surface area contributed by atoms with Crippen LogP contribution in [-0.2, 0) is 32.2 Å². The molecule has 0 radical (unpaired) electrons. The van der Waals surface area contributed by atoms with E-state index in [9.17, 15) is 24.0 Å². The van der Waals surface area contributed by atoms with Crippen molar-refractivity contribution in [3.8, 4) is 11.8 Å². The molecule has 2 atom stereocenters. The van der Waals surface area contributed by atoms with Crippen molar-refractivity contribution in [1.29, 1.82) is 0 Å². The van der Waals surface area contributed by atoms with E-state index in [1.165, 1.54) is 4.90 Å². The van der Waals surface area contributed by atoms with Crippen LogP contribution in [0.5, 0.6) is 0 Å². The van der Waals surface area contributed by atoms with E-state index in [2.05, 4.69) is 53.7 Å². The van der Waals surface area contributed by atoms with Crippen LogP contribution < -0.4 is 5.32 Å². The van der Waals surface area contributed by atoms with Gasteiger partial charge in [-0.3, -0.25) is 33.7 Å². The predicted molar refractivity (Wildman–Crippen MR) is 269 cm³/mol. The van der Waals surface area contributed by atoms with Crippen LogP contribution >= 0.6 is 0 Å². The second-order valence-corrected chi connectivity index (χ2v) is 26.6. The molecular weight excluding hydrogens is 889 g/mol. The highest BCUT2D eigenvalue weighted by Crippen LogP contribution is 2.36. The zero-order chi connectivity index (χ0) is 49.2. The average Bonchev–Trinajstić information content (AvgIpc) is 4.06. The lowest BCUT2D eigenvalue weighted by Gasteiger charge is -2.35. The first-order valence-corrected chi connectivity index (χ1v) is 28.1. The van der Waals surface area contributed by atoms with E-state index >= 15 is 0 Å². The predicted octanol–water partition coefficient (Wildman–Crippen LogP) is 9.28. The molecule has 0 aliphatic carbocycles. The summed E-state index contributed by atoms with van der Waals surface area (Å²) in [6.45, 7) is 16.6. The van der Waals surface area contributed by atoms with Crippen LogP contribution in [0.15, 0.2) is 54.7 Å². The van der Waals surface area contributed by atoms with Crippen molar-refractivity contribution in [1.82, 2.24) is 34.0 Å². The summed E-state index contributed by atoms with van der Waals surface area (Å²) < 4.78 is 15.2. The zero-order valence-electron chi connectivity index (χ0n) is 41.4. The Balaban J connectivity index is 0.845. The fraction of sp³-hybridized carbons (Fsp3) is 0.491. The quantitative estimate of drug-likeness (QED) is 0.0464. The molecule has 2 fully saturated rings. The number of ether oxygens (including phenoxy) is 2. The van der Waals surface area contributed by atoms with Crippen LogP contribution in [0.3, 0.4) is 0 Å². The molecule has 364 valence electrons. The standard InChI is InChI=1S/C53H66N8O7Si/c1-35-39-22-21-37(49(63)55-47-31-44-38(32-54-47)30-46(42-20-16-25-57(42)5)61(44)52(66)68-53(2,3)4)29-45(39)60(56-35)26-14-12-10-9-11-13-17-36-18-15-19-40-41(36)33-58(50(40)64)43-23-24-48(62)59(51(43)65)34-67-27-28-69(6,7)8/h15,18-19,21-22,29-32,42-43H,9-12,14,16,20,23-28,33-34H2,1-8H3,(H,54,55,63)/t42-,43?/m1/s1. The highest BCUT2D eigenvalue weighted by Gasteiger charge is 2.43. The Bertz CT molecular complexity index is 2860. The maximum atomic E-state index is 13.8. The van der Waals surface area contributed by atoms with Gasteiger partial charge in [0.2, 0.25) is 5.91 Å². The minimum absolute atomic E-state index is 0.0637. The van der Waals surface area contributed by atoms with Crippen LogP contribution in [0.2, 0.25) is 25.7 Å². The molecule has 3 aliphatic heterocycles. The smallest absolute Gasteiger partial charge is 0.419 e. The van der Waals surface area contributed by atoms with Gasteiger partial charge in [0.1, 0.15) is 24.2 Å². The number of carbonyl (C=O) groups is 5. The number of fused-ring (bicyclic) bond motifs is 3. The van der Waals surface area contributed by atoms with Crippen LogP contribution in [-0.4, -0.2) is 110 Å². The number of amides is 4. The fourth-order valence-electron chi connectivity index (χ4n) is 9.56. The Kier molecular flexibility index (Phi) is 14.6. The van der Waals surface area contributed by atoms with E-state index < -0.39 is 25.8 Å². The Hall–Kier alpha value is -6.15. The SMILES string of the molecule is Cc1nn(CCCCCCC#Cc2cccc3c2CN(C2CCC(=O)N(COCC[Si](C)(C)C)C2=O)C3=O)c2cc(C(=O)Nc3cc4c(cn3)cc([C@H]3CCCN3C)n4C(=O)OC(C)(C)C)ccc12. The van der Waals surface area contributed by atoms with Gasteiger partial charge in [-0.05, 0) is 115 Å². The van der Waals surface area contributed by atoms with Crippen molar-refractivity contribution < 1.29 is 33.4 Å². The van der Waals surface area contributed by atoms with Gasteiger partial charge in [-0.15, -0.1) is 0 Å². The number of nitrogens with one attached hydrogen (secondary N) is 1. The van der Waals surface area contributed by atoms with Crippen molar-refractivity contribution in [2.75, 3.05) is 32.2 Å². The minimum atomic E-state index is -1.33. The van der Waals surface area contributed by atoms with Crippen LogP contribution in [0.1, 0.15) is 128 Å². The van der Waals surface area contributed by atoms with E-state index in [4.69, 9.17) is 14.6 Å². The number of piperidine rings is 1. The number of benzene rings is 2. The Morgan fingerprint density at radius 1 is 0.957 bits per heavy atom. The topological polar surface area (TPSA) is 161 Å². The van der Waals surface area contributed by atoms with Gasteiger partial charge < -0.3 is 19.7 Å². The molecule has 2 saturated heterocycles. The van der Waals surface area contributed by atoms with Gasteiger partial charge in [-0.1, -0.05) is 56.5 Å². The summed E-state index contributed by atoms with van der Waals surface area (Å²) in [6.07, 6.45) is 8.15. The number of rotatable bonds is 15. The van der Waals surface area contributed by atoms with Gasteiger partial charge >= 0.3 is 6.09 Å². The highest BCUT2D eigenvalue weighted by atomic mass is 28.3. The second kappa shape index (κ2) is 20.4. The molecular formula is C53H66N8O7Si. The summed E-state index contributed by atoms with van der Waals surface area (Å²) in [5, 5.41) is 9.56. The Morgan fingerprint density at radius 3 is 2.51 bits per heavy atom. The number of hydrogen-bond acceptors (Lipinski definition) is 10. The first-order valence-electron chi connectivity index (χ1n) is 24.4. The van der Waals surface area contributed by atoms with Crippen LogP contribution in [0, 0.1) is 18.8 Å². The number of nitrogens with zero attached hydrogens (tertiary/aromatic N) is 7. The van der Waals surface area contributed by atoms with E-state index in [0.29, 0.717) is 48.5 Å². The van der Waals surface area contributed by atoms with E-state index in [1.807, 2.05) is 62.7 Å². The third-order valence-electron chi connectivity index (χ3n) is 13.3. The molecule has 3 aromatic heterocycles. The lowest BCUT2D eigenvalue weighted by molar-refractivity contribution is -0.158. The number of hydrogen-bond donors (Lipinski definition) is 1. The molecule has 0 spiro atoms. The fourth-order valence-corrected chi connectivity index (χ4v) is 10.3. The molecule has 16 heteroatoms. The zero-order valence-corrected chi connectivity index (χ0v) is 42.4. The van der Waals surface area contributed by atoms with Crippen molar-refractivity contribution in [3.05, 3.63) is 88.4 Å². The van der Waals surface area contributed by atoms with Gasteiger partial charge in [-0.25, -0.2) is 14.3 Å². The first-order chi connectivity index (χ1) is 32.9. The van der Waals surface area contributed by atoms with Crippen molar-refractivity contribution in [2.24, 2.45) is 0 Å². The van der Waals surface area contributed by atoms with Crippen LogP contribution in [0.25, 0.3) is 21.8 Å². The van der Waals surface area contributed by atoms with Crippen molar-refractivity contribution in [2.45, 2.75) is 142 Å². The summed E-state index contributed by atoms with van der Waals surface area (Å²) in [5.74, 6) is 5.78. The number of aryl methyl sites for hydroxylation is 2. The summed E-state index contributed by atoms with van der Waals surface area (Å²) >= 11 is 0. The van der Waals surface area contributed by atoms with Gasteiger partial charge in [0.25, 0.3) is 17.7 Å². The highest BCUT2D eigenvalue weighted by molar-refractivity contribution is 6.76. The number of carbonyl (C=O) groups excluding carboxylic acids is 5. The molecule has 1 unspecified atom stereocenters. The Morgan fingerprint density at radius 2 is 1.75 bits per heavy atom. The maximum absolute atomic E-state index is 13.8. The van der Waals surface area contributed by atoms with Gasteiger partial charge in [0.15, 0.2) is 0 Å². The molecule has 6 heterocycles. The van der Waals surface area contributed by atoms with Crippen molar-refractivity contribution in [3.63, 3.8) is 0 Å². The number of unbranched alkanes of at least 4 members (excludes halogenated alkanes) is 4. The largest absolute Gasteiger partial charge is 0.443 e. The summed E-state index contributed by atoms with van der Waals surface area (Å²) in [7, 11) is 0.737. The Labute approximate surface area is 405 Å². The number of imide groups is 1. The number of likely N-dealkylation sites (tertiary alicyclic amines) is 2. The normalized spacial score (nSPS) is 17.8. The van der Waals surface area contributed by atoms with Crippen molar-refractivity contribution >= 4 is 65.4 Å². The molecule has 0 bridgehead atoms. The lowest BCUT2D eigenvalue weighted by atomic mass is 10.0. The van der Waals surface area contributed by atoms with E-state index in [-0.39, 0.29) is 49.4 Å². The molecule has 0 saturated carbocycles. The summed E-state index contributed by atoms with van der Waals surface area (Å²) in [4.78, 5) is 76.9. The van der Waals surface area contributed by atoms with E-state index in [1.54, 1.807) is 33.9 Å². The second-order valence-electron chi connectivity index (χ2n) is 20.9. The third-order valence-corrected chi connectivity index (χ3v) is 15.0. The molecule has 3 aliphatic rings. The molecule has 69 heavy (non-hydrogen) atoms. The average molecular weight is 955 g/mol. The van der Waals surface area contributed by atoms with Gasteiger partial charge in [0, 0.05) is 86.0 Å². The number of aromatic nitrogens is 4. The molecule has 15 nitrogen and oxygen atoms in total. The number of pyridine rings is 1. The first kappa shape index (κ1) is 49.3. The molecule has 4 amide bonds. The number of anilines is 1. The molecule has 2 aromatic carbocycles. The lowest BCUT2D eigenvalue weighted by Crippen LogP contribution is -2.55. The van der Waals surface area contributed by atoms with E-state index in [0.717, 1.165) is 89.9 Å². The summed E-state index contributed by atoms with van der Waals surface area (Å²) in [6, 6.07) is 15.2. The molecule has 5 aromatic rings. The van der Waals surface area contributed by atoms with Gasteiger partial charge in [0.05, 0.1) is 22.8 Å². The maximum Gasteiger partial charge on any atom is 0.419 e. The summed E-state index contributed by atoms with van der Waals surface area (Å²) in [5.41, 5.74) is 5.21. The molecule has 8 rings (SSSR count). The third kappa shape index (κ3) is 11.2. The molecule has 1 N–H and O–H groups in total. The monoisotopic (exact) mass is 954 g/mol.